The van der Waals surface area contributed by atoms with Gasteiger partial charge in [0.15, 0.2) is 0 Å². The lowest BCUT2D eigenvalue weighted by Crippen LogP contribution is -2.40. The highest BCUT2D eigenvalue weighted by molar-refractivity contribution is 5.80. The number of aliphatic carboxylic acids is 1. The van der Waals surface area contributed by atoms with E-state index in [1.165, 1.54) is 0 Å². The smallest absolute Gasteiger partial charge is 0.315 e. The summed E-state index contributed by atoms with van der Waals surface area (Å²) in [6, 6.07) is 2.08. The lowest BCUT2D eigenvalue weighted by Gasteiger charge is -2.34. The molecular weight excluding hydrogens is 216 g/mol. The fourth-order valence-electron chi connectivity index (χ4n) is 2.84. The van der Waals surface area contributed by atoms with Crippen molar-refractivity contribution in [1.29, 1.82) is 0 Å². The van der Waals surface area contributed by atoms with Gasteiger partial charge in [0.2, 0.25) is 0 Å². The summed E-state index contributed by atoms with van der Waals surface area (Å²) in [5.74, 6) is -0.695. The van der Waals surface area contributed by atoms with Gasteiger partial charge < -0.3 is 5.11 Å². The van der Waals surface area contributed by atoms with Crippen molar-refractivity contribution in [3.8, 4) is 0 Å². The average Bonchev–Trinajstić information content (AvgIpc) is 2.79. The van der Waals surface area contributed by atoms with Crippen LogP contribution >= 0.6 is 0 Å². The molecule has 4 heteroatoms. The summed E-state index contributed by atoms with van der Waals surface area (Å²) in [5, 5.41) is 13.9. The second-order valence-electron chi connectivity index (χ2n) is 5.20. The van der Waals surface area contributed by atoms with Crippen molar-refractivity contribution < 1.29 is 9.90 Å². The van der Waals surface area contributed by atoms with E-state index in [1.807, 2.05) is 24.6 Å². The summed E-state index contributed by atoms with van der Waals surface area (Å²) in [4.78, 5) is 11.7. The number of carboxylic acids is 1. The summed E-state index contributed by atoms with van der Waals surface area (Å²) >= 11 is 0. The molecule has 1 saturated carbocycles. The van der Waals surface area contributed by atoms with E-state index >= 15 is 0 Å². The van der Waals surface area contributed by atoms with Gasteiger partial charge in [-0.1, -0.05) is 19.3 Å². The SMILES string of the molecule is CC(C)n1nccc1C1(C(=O)O)CCCCC1. The summed E-state index contributed by atoms with van der Waals surface area (Å²) < 4.78 is 1.86. The largest absolute Gasteiger partial charge is 0.481 e. The zero-order valence-electron chi connectivity index (χ0n) is 10.5. The molecule has 1 N–H and O–H groups in total. The van der Waals surface area contributed by atoms with Crippen LogP contribution in [0.3, 0.4) is 0 Å². The first-order chi connectivity index (χ1) is 8.08. The quantitative estimate of drug-likeness (QED) is 0.878. The molecule has 0 atom stereocenters. The molecule has 2 rings (SSSR count). The van der Waals surface area contributed by atoms with Gasteiger partial charge in [0, 0.05) is 12.2 Å². The Hall–Kier alpha value is -1.32. The molecule has 0 saturated heterocycles. The standard InChI is InChI=1S/C13H20N2O2/c1-10(2)15-11(6-9-14-15)13(12(16)17)7-4-3-5-8-13/h6,9-10H,3-5,7-8H2,1-2H3,(H,16,17). The predicted octanol–water partition coefficient (Wildman–Crippen LogP) is 2.75. The molecule has 0 amide bonds. The lowest BCUT2D eigenvalue weighted by molar-refractivity contribution is -0.145. The molecule has 1 fully saturated rings. The molecule has 1 aliphatic carbocycles. The van der Waals surface area contributed by atoms with Crippen LogP contribution in [-0.4, -0.2) is 20.9 Å². The van der Waals surface area contributed by atoms with Gasteiger partial charge in [-0.05, 0) is 32.8 Å². The van der Waals surface area contributed by atoms with Gasteiger partial charge in [0.25, 0.3) is 0 Å². The topological polar surface area (TPSA) is 55.1 Å². The van der Waals surface area contributed by atoms with Crippen molar-refractivity contribution in [2.45, 2.75) is 57.4 Å². The van der Waals surface area contributed by atoms with Crippen molar-refractivity contribution in [3.63, 3.8) is 0 Å². The molecule has 0 unspecified atom stereocenters. The highest BCUT2D eigenvalue weighted by atomic mass is 16.4. The first-order valence-corrected chi connectivity index (χ1v) is 6.35. The molecule has 0 aromatic carbocycles. The number of rotatable bonds is 3. The van der Waals surface area contributed by atoms with Crippen LogP contribution in [0.5, 0.6) is 0 Å². The molecule has 1 aliphatic rings. The number of hydrogen-bond donors (Lipinski definition) is 1. The maximum absolute atomic E-state index is 11.7. The first kappa shape index (κ1) is 12.1. The summed E-state index contributed by atoms with van der Waals surface area (Å²) in [6.07, 6.45) is 6.33. The maximum Gasteiger partial charge on any atom is 0.315 e. The van der Waals surface area contributed by atoms with E-state index < -0.39 is 11.4 Å². The van der Waals surface area contributed by atoms with Crippen LogP contribution in [0, 0.1) is 0 Å². The Morgan fingerprint density at radius 3 is 2.59 bits per heavy atom. The van der Waals surface area contributed by atoms with Crippen molar-refractivity contribution in [2.75, 3.05) is 0 Å². The van der Waals surface area contributed by atoms with Crippen molar-refractivity contribution in [1.82, 2.24) is 9.78 Å². The summed E-state index contributed by atoms with van der Waals surface area (Å²) in [7, 11) is 0. The molecule has 0 spiro atoms. The molecular formula is C13H20N2O2. The van der Waals surface area contributed by atoms with E-state index in [9.17, 15) is 9.90 Å². The second kappa shape index (κ2) is 4.51. The van der Waals surface area contributed by atoms with E-state index in [0.717, 1.165) is 37.8 Å². The van der Waals surface area contributed by atoms with Crippen LogP contribution in [0.4, 0.5) is 0 Å². The van der Waals surface area contributed by atoms with Gasteiger partial charge in [0.05, 0.1) is 5.69 Å². The minimum Gasteiger partial charge on any atom is -0.481 e. The van der Waals surface area contributed by atoms with Crippen LogP contribution in [-0.2, 0) is 10.2 Å². The van der Waals surface area contributed by atoms with Crippen LogP contribution in [0.2, 0.25) is 0 Å². The third-order valence-corrected chi connectivity index (χ3v) is 3.77. The van der Waals surface area contributed by atoms with Crippen molar-refractivity contribution in [3.05, 3.63) is 18.0 Å². The molecule has 4 nitrogen and oxygen atoms in total. The Morgan fingerprint density at radius 1 is 1.41 bits per heavy atom. The van der Waals surface area contributed by atoms with E-state index in [1.54, 1.807) is 6.20 Å². The Balaban J connectivity index is 2.45. The molecule has 0 aliphatic heterocycles. The van der Waals surface area contributed by atoms with Gasteiger partial charge in [-0.2, -0.15) is 5.10 Å². The molecule has 0 bridgehead atoms. The maximum atomic E-state index is 11.7. The van der Waals surface area contributed by atoms with Gasteiger partial charge in [-0.3, -0.25) is 9.48 Å². The highest BCUT2D eigenvalue weighted by Gasteiger charge is 2.43. The monoisotopic (exact) mass is 236 g/mol. The summed E-state index contributed by atoms with van der Waals surface area (Å²) in [5.41, 5.74) is 0.165. The van der Waals surface area contributed by atoms with E-state index in [4.69, 9.17) is 0 Å². The average molecular weight is 236 g/mol. The van der Waals surface area contributed by atoms with Gasteiger partial charge >= 0.3 is 5.97 Å². The van der Waals surface area contributed by atoms with Crippen LogP contribution in [0.15, 0.2) is 12.3 Å². The Bertz CT molecular complexity index is 403. The molecule has 17 heavy (non-hydrogen) atoms. The number of carbonyl (C=O) groups is 1. The predicted molar refractivity (Wildman–Crippen MR) is 65.0 cm³/mol. The number of carboxylic acid groups (broad SMARTS) is 1. The van der Waals surface area contributed by atoms with Gasteiger partial charge in [-0.25, -0.2) is 0 Å². The fraction of sp³-hybridized carbons (Fsp3) is 0.692. The van der Waals surface area contributed by atoms with Crippen LogP contribution < -0.4 is 0 Å². The second-order valence-corrected chi connectivity index (χ2v) is 5.20. The minimum absolute atomic E-state index is 0.207. The zero-order chi connectivity index (χ0) is 12.5. The van der Waals surface area contributed by atoms with Gasteiger partial charge in [0.1, 0.15) is 5.41 Å². The first-order valence-electron chi connectivity index (χ1n) is 6.35. The molecule has 1 heterocycles. The molecule has 94 valence electrons. The van der Waals surface area contributed by atoms with E-state index in [0.29, 0.717) is 0 Å². The normalized spacial score (nSPS) is 19.5. The Morgan fingerprint density at radius 2 is 2.06 bits per heavy atom. The molecule has 1 aromatic heterocycles. The Labute approximate surface area is 102 Å². The van der Waals surface area contributed by atoms with Gasteiger partial charge in [-0.15, -0.1) is 0 Å². The number of nitrogens with zero attached hydrogens (tertiary/aromatic N) is 2. The summed E-state index contributed by atoms with van der Waals surface area (Å²) in [6.45, 7) is 4.07. The minimum atomic E-state index is -0.709. The number of hydrogen-bond acceptors (Lipinski definition) is 2. The Kier molecular flexibility index (Phi) is 3.22. The highest BCUT2D eigenvalue weighted by Crippen LogP contribution is 2.40. The third-order valence-electron chi connectivity index (χ3n) is 3.77. The van der Waals surface area contributed by atoms with Crippen molar-refractivity contribution in [2.24, 2.45) is 0 Å². The van der Waals surface area contributed by atoms with E-state index in [-0.39, 0.29) is 6.04 Å². The molecule has 1 aromatic rings. The van der Waals surface area contributed by atoms with E-state index in [2.05, 4.69) is 5.10 Å². The zero-order valence-corrected chi connectivity index (χ0v) is 10.5. The van der Waals surface area contributed by atoms with Crippen LogP contribution in [0.25, 0.3) is 0 Å². The number of aromatic nitrogens is 2. The molecule has 0 radical (unpaired) electrons. The van der Waals surface area contributed by atoms with Crippen molar-refractivity contribution >= 4 is 5.97 Å². The third kappa shape index (κ3) is 1.96. The lowest BCUT2D eigenvalue weighted by atomic mass is 9.71. The van der Waals surface area contributed by atoms with Crippen LogP contribution in [0.1, 0.15) is 57.7 Å². The fourth-order valence-corrected chi connectivity index (χ4v) is 2.84.